The summed E-state index contributed by atoms with van der Waals surface area (Å²) in [5, 5.41) is 12.3. The maximum Gasteiger partial charge on any atom is 0.234 e. The molecule has 0 spiro atoms. The van der Waals surface area contributed by atoms with Gasteiger partial charge in [-0.1, -0.05) is 49.9 Å². The van der Waals surface area contributed by atoms with Gasteiger partial charge in [-0.15, -0.1) is 10.2 Å². The van der Waals surface area contributed by atoms with E-state index in [0.717, 1.165) is 22.8 Å². The average Bonchev–Trinajstić information content (AvgIpc) is 3.19. The van der Waals surface area contributed by atoms with E-state index < -0.39 is 0 Å². The Kier molecular flexibility index (Phi) is 7.96. The van der Waals surface area contributed by atoms with Crippen molar-refractivity contribution in [3.63, 3.8) is 0 Å². The molecule has 2 aromatic carbocycles. The number of ether oxygens (including phenoxy) is 1. The van der Waals surface area contributed by atoms with E-state index in [1.165, 1.54) is 22.9 Å². The molecule has 1 aromatic heterocycles. The van der Waals surface area contributed by atoms with Gasteiger partial charge >= 0.3 is 0 Å². The number of amides is 1. The molecule has 0 aliphatic heterocycles. The van der Waals surface area contributed by atoms with Crippen LogP contribution in [0.1, 0.15) is 62.2 Å². The molecule has 0 saturated carbocycles. The van der Waals surface area contributed by atoms with Gasteiger partial charge in [0.15, 0.2) is 17.1 Å². The lowest BCUT2D eigenvalue weighted by molar-refractivity contribution is -0.113. The van der Waals surface area contributed by atoms with Crippen molar-refractivity contribution < 1.29 is 9.53 Å². The largest absolute Gasteiger partial charge is 0.482 e. The second kappa shape index (κ2) is 10.7. The summed E-state index contributed by atoms with van der Waals surface area (Å²) in [7, 11) is 0. The number of aromatic nitrogens is 3. The van der Waals surface area contributed by atoms with E-state index in [-0.39, 0.29) is 17.8 Å². The summed E-state index contributed by atoms with van der Waals surface area (Å²) in [5.74, 6) is 2.25. The van der Waals surface area contributed by atoms with Gasteiger partial charge in [-0.25, -0.2) is 0 Å². The SMILES string of the molecule is CCn1c(SCC(=O)Nc2ccc(C(C)C)cc2)nnc1C(C)Oc1cccc(C)c1C. The Hall–Kier alpha value is -2.80. The van der Waals surface area contributed by atoms with Gasteiger partial charge in [-0.05, 0) is 68.5 Å². The maximum atomic E-state index is 12.4. The fourth-order valence-electron chi connectivity index (χ4n) is 3.38. The Morgan fingerprint density at radius 1 is 1.09 bits per heavy atom. The molecule has 3 aromatic rings. The van der Waals surface area contributed by atoms with Crippen molar-refractivity contribution in [2.75, 3.05) is 11.1 Å². The van der Waals surface area contributed by atoms with Gasteiger partial charge in [0.25, 0.3) is 0 Å². The number of carbonyl (C=O) groups is 1. The molecule has 0 aliphatic carbocycles. The molecule has 0 saturated heterocycles. The van der Waals surface area contributed by atoms with Crippen LogP contribution in [-0.4, -0.2) is 26.4 Å². The number of thioether (sulfide) groups is 1. The molecule has 6 nitrogen and oxygen atoms in total. The molecule has 1 atom stereocenters. The Labute approximate surface area is 194 Å². The fourth-order valence-corrected chi connectivity index (χ4v) is 4.19. The molecule has 1 amide bonds. The normalized spacial score (nSPS) is 12.1. The van der Waals surface area contributed by atoms with Crippen LogP contribution in [0.2, 0.25) is 0 Å². The summed E-state index contributed by atoms with van der Waals surface area (Å²) < 4.78 is 8.19. The molecular formula is C25H32N4O2S. The summed E-state index contributed by atoms with van der Waals surface area (Å²) in [5.41, 5.74) is 4.36. The molecule has 170 valence electrons. The monoisotopic (exact) mass is 452 g/mol. The van der Waals surface area contributed by atoms with Crippen LogP contribution in [0.25, 0.3) is 0 Å². The summed E-state index contributed by atoms with van der Waals surface area (Å²) in [6.07, 6.45) is -0.259. The molecule has 1 N–H and O–H groups in total. The average molecular weight is 453 g/mol. The van der Waals surface area contributed by atoms with Crippen molar-refractivity contribution in [1.82, 2.24) is 14.8 Å². The number of nitrogens with one attached hydrogen (secondary N) is 1. The first kappa shape index (κ1) is 23.9. The fraction of sp³-hybridized carbons (Fsp3) is 0.400. The Bertz CT molecular complexity index is 1060. The molecule has 0 bridgehead atoms. The standard InChI is InChI=1S/C25H32N4O2S/c1-7-29-24(19(6)31-22-10-8-9-17(4)18(22)5)27-28-25(29)32-15-23(30)26-21-13-11-20(12-14-21)16(2)3/h8-14,16,19H,7,15H2,1-6H3,(H,26,30). The first-order chi connectivity index (χ1) is 15.3. The molecule has 1 unspecified atom stereocenters. The van der Waals surface area contributed by atoms with E-state index in [4.69, 9.17) is 4.74 Å². The second-order valence-corrected chi connectivity index (χ2v) is 9.10. The molecule has 0 aliphatic rings. The highest BCUT2D eigenvalue weighted by Crippen LogP contribution is 2.28. The van der Waals surface area contributed by atoms with Crippen molar-refractivity contribution in [2.24, 2.45) is 0 Å². The van der Waals surface area contributed by atoms with Gasteiger partial charge < -0.3 is 14.6 Å². The summed E-state index contributed by atoms with van der Waals surface area (Å²) in [6, 6.07) is 14.0. The quantitative estimate of drug-likeness (QED) is 0.409. The molecule has 32 heavy (non-hydrogen) atoms. The number of carbonyl (C=O) groups excluding carboxylic acids is 1. The van der Waals surface area contributed by atoms with Crippen LogP contribution in [-0.2, 0) is 11.3 Å². The van der Waals surface area contributed by atoms with Crippen molar-refractivity contribution in [2.45, 2.75) is 65.3 Å². The first-order valence-electron chi connectivity index (χ1n) is 11.0. The third kappa shape index (κ3) is 5.71. The Morgan fingerprint density at radius 2 is 1.81 bits per heavy atom. The highest BCUT2D eigenvalue weighted by molar-refractivity contribution is 7.99. The van der Waals surface area contributed by atoms with Gasteiger partial charge in [0.2, 0.25) is 5.91 Å². The smallest absolute Gasteiger partial charge is 0.234 e. The van der Waals surface area contributed by atoms with Gasteiger partial charge in [0, 0.05) is 12.2 Å². The van der Waals surface area contributed by atoms with Crippen molar-refractivity contribution in [1.29, 1.82) is 0 Å². The van der Waals surface area contributed by atoms with E-state index >= 15 is 0 Å². The topological polar surface area (TPSA) is 69.0 Å². The summed E-state index contributed by atoms with van der Waals surface area (Å²) in [4.78, 5) is 12.4. The predicted octanol–water partition coefficient (Wildman–Crippen LogP) is 5.91. The predicted molar refractivity (Wildman–Crippen MR) is 131 cm³/mol. The zero-order valence-corrected chi connectivity index (χ0v) is 20.5. The molecular weight excluding hydrogens is 420 g/mol. The molecule has 1 heterocycles. The van der Waals surface area contributed by atoms with Crippen LogP contribution in [0, 0.1) is 13.8 Å². The number of hydrogen-bond acceptors (Lipinski definition) is 5. The number of aryl methyl sites for hydroxylation is 1. The van der Waals surface area contributed by atoms with Crippen LogP contribution in [0.5, 0.6) is 5.75 Å². The highest BCUT2D eigenvalue weighted by atomic mass is 32.2. The summed E-state index contributed by atoms with van der Waals surface area (Å²) in [6.45, 7) is 13.1. The molecule has 0 radical (unpaired) electrons. The first-order valence-corrected chi connectivity index (χ1v) is 12.0. The minimum absolute atomic E-state index is 0.0702. The number of anilines is 1. The van der Waals surface area contributed by atoms with Crippen LogP contribution < -0.4 is 10.1 Å². The van der Waals surface area contributed by atoms with Crippen LogP contribution in [0.3, 0.4) is 0 Å². The second-order valence-electron chi connectivity index (χ2n) is 8.16. The number of rotatable bonds is 9. The molecule has 3 rings (SSSR count). The third-order valence-electron chi connectivity index (χ3n) is 5.48. The highest BCUT2D eigenvalue weighted by Gasteiger charge is 2.20. The van der Waals surface area contributed by atoms with E-state index in [1.807, 2.05) is 54.8 Å². The van der Waals surface area contributed by atoms with Crippen LogP contribution >= 0.6 is 11.8 Å². The summed E-state index contributed by atoms with van der Waals surface area (Å²) >= 11 is 1.38. The lowest BCUT2D eigenvalue weighted by atomic mass is 10.0. The van der Waals surface area contributed by atoms with Crippen molar-refractivity contribution in [3.8, 4) is 5.75 Å². The Balaban J connectivity index is 1.62. The zero-order chi connectivity index (χ0) is 23.3. The van der Waals surface area contributed by atoms with E-state index in [0.29, 0.717) is 17.6 Å². The zero-order valence-electron chi connectivity index (χ0n) is 19.7. The van der Waals surface area contributed by atoms with Gasteiger partial charge in [0.05, 0.1) is 5.75 Å². The maximum absolute atomic E-state index is 12.4. The van der Waals surface area contributed by atoms with Gasteiger partial charge in [-0.3, -0.25) is 4.79 Å². The van der Waals surface area contributed by atoms with Crippen LogP contribution in [0.4, 0.5) is 5.69 Å². The van der Waals surface area contributed by atoms with E-state index in [2.05, 4.69) is 49.3 Å². The number of hydrogen-bond donors (Lipinski definition) is 1. The number of nitrogens with zero attached hydrogens (tertiary/aromatic N) is 3. The van der Waals surface area contributed by atoms with Gasteiger partial charge in [-0.2, -0.15) is 0 Å². The minimum Gasteiger partial charge on any atom is -0.482 e. The Morgan fingerprint density at radius 3 is 2.47 bits per heavy atom. The lowest BCUT2D eigenvalue weighted by Gasteiger charge is -2.17. The minimum atomic E-state index is -0.259. The van der Waals surface area contributed by atoms with E-state index in [9.17, 15) is 4.79 Å². The van der Waals surface area contributed by atoms with E-state index in [1.54, 1.807) is 0 Å². The van der Waals surface area contributed by atoms with Crippen molar-refractivity contribution in [3.05, 3.63) is 65.0 Å². The molecule has 0 fully saturated rings. The lowest BCUT2D eigenvalue weighted by Crippen LogP contribution is -2.15. The third-order valence-corrected chi connectivity index (χ3v) is 6.44. The van der Waals surface area contributed by atoms with Crippen molar-refractivity contribution >= 4 is 23.4 Å². The van der Waals surface area contributed by atoms with Gasteiger partial charge in [0.1, 0.15) is 5.75 Å². The van der Waals surface area contributed by atoms with Crippen LogP contribution in [0.15, 0.2) is 47.6 Å². The number of benzene rings is 2. The molecule has 7 heteroatoms.